The molecule has 2 heterocycles. The molecular formula is C21H22FN3O3S. The third kappa shape index (κ3) is 4.17. The predicted molar refractivity (Wildman–Crippen MR) is 109 cm³/mol. The Bertz CT molecular complexity index is 1210. The second-order valence-electron chi connectivity index (χ2n) is 7.39. The first-order valence-electron chi connectivity index (χ1n) is 9.64. The van der Waals surface area contributed by atoms with Crippen LogP contribution >= 0.6 is 0 Å². The molecule has 0 aliphatic heterocycles. The van der Waals surface area contributed by atoms with Crippen molar-refractivity contribution in [2.75, 3.05) is 0 Å². The molecule has 0 N–H and O–H groups in total. The molecule has 1 aliphatic rings. The smallest absolute Gasteiger partial charge is 0.250 e. The maximum atomic E-state index is 14.7. The summed E-state index contributed by atoms with van der Waals surface area (Å²) in [6.45, 7) is 2.61. The molecular weight excluding hydrogens is 393 g/mol. The van der Waals surface area contributed by atoms with E-state index in [9.17, 15) is 17.6 Å². The number of sulfone groups is 1. The molecule has 4 rings (SSSR count). The van der Waals surface area contributed by atoms with E-state index in [1.165, 1.54) is 12.1 Å². The number of hydrogen-bond acceptors (Lipinski definition) is 4. The first-order chi connectivity index (χ1) is 13.9. The van der Waals surface area contributed by atoms with Gasteiger partial charge in [0.25, 0.3) is 5.56 Å². The predicted octanol–water partition coefficient (Wildman–Crippen LogP) is 3.33. The van der Waals surface area contributed by atoms with Crippen LogP contribution in [0.4, 0.5) is 4.39 Å². The Morgan fingerprint density at radius 1 is 1.17 bits per heavy atom. The van der Waals surface area contributed by atoms with Crippen LogP contribution in [-0.2, 0) is 22.1 Å². The van der Waals surface area contributed by atoms with E-state index in [-0.39, 0.29) is 16.6 Å². The van der Waals surface area contributed by atoms with Gasteiger partial charge in [0.05, 0.1) is 22.4 Å². The number of aromatic nitrogens is 3. The van der Waals surface area contributed by atoms with Gasteiger partial charge in [0.1, 0.15) is 5.82 Å². The summed E-state index contributed by atoms with van der Waals surface area (Å²) in [7, 11) is -3.19. The molecule has 152 valence electrons. The zero-order chi connectivity index (χ0) is 20.6. The first-order valence-corrected chi connectivity index (χ1v) is 11.4. The zero-order valence-corrected chi connectivity index (χ0v) is 16.9. The standard InChI is InChI=1S/C21H22FN3O3S/c1-2-10-24-13-16(4-8-21(24)26)25-11-9-20(23-25)18-7-3-15(12-19(18)22)14-29(27,28)17-5-6-17/h3-4,7-9,11-13,17H,2,5-6,10,14H2,1H3. The lowest BCUT2D eigenvalue weighted by molar-refractivity contribution is 0.593. The largest absolute Gasteiger partial charge is 0.313 e. The summed E-state index contributed by atoms with van der Waals surface area (Å²) < 4.78 is 42.1. The van der Waals surface area contributed by atoms with E-state index in [0.29, 0.717) is 41.9 Å². The second-order valence-corrected chi connectivity index (χ2v) is 9.67. The van der Waals surface area contributed by atoms with Gasteiger partial charge < -0.3 is 4.57 Å². The highest BCUT2D eigenvalue weighted by Crippen LogP contribution is 2.31. The average molecular weight is 415 g/mol. The molecule has 0 amide bonds. The minimum absolute atomic E-state index is 0.0780. The van der Waals surface area contributed by atoms with Crippen molar-refractivity contribution in [2.24, 2.45) is 0 Å². The molecule has 0 atom stereocenters. The Kier molecular flexibility index (Phi) is 5.12. The summed E-state index contributed by atoms with van der Waals surface area (Å²) in [5.74, 6) is -0.642. The lowest BCUT2D eigenvalue weighted by atomic mass is 10.1. The molecule has 6 nitrogen and oxygen atoms in total. The molecule has 0 saturated heterocycles. The number of pyridine rings is 1. The third-order valence-corrected chi connectivity index (χ3v) is 7.22. The summed E-state index contributed by atoms with van der Waals surface area (Å²) in [6.07, 6.45) is 5.67. The maximum Gasteiger partial charge on any atom is 0.250 e. The molecule has 0 radical (unpaired) electrons. The van der Waals surface area contributed by atoms with E-state index < -0.39 is 15.7 Å². The van der Waals surface area contributed by atoms with Crippen LogP contribution in [0.3, 0.4) is 0 Å². The van der Waals surface area contributed by atoms with Crippen molar-refractivity contribution in [1.29, 1.82) is 0 Å². The van der Waals surface area contributed by atoms with Crippen LogP contribution < -0.4 is 5.56 Å². The molecule has 0 unspecified atom stereocenters. The molecule has 8 heteroatoms. The summed E-state index contributed by atoms with van der Waals surface area (Å²) in [5.41, 5.74) is 1.82. The van der Waals surface area contributed by atoms with Gasteiger partial charge in [-0.2, -0.15) is 5.10 Å². The topological polar surface area (TPSA) is 74.0 Å². The lowest BCUT2D eigenvalue weighted by Crippen LogP contribution is -2.19. The van der Waals surface area contributed by atoms with Gasteiger partial charge in [-0.1, -0.05) is 13.0 Å². The van der Waals surface area contributed by atoms with Crippen LogP contribution in [0.15, 0.2) is 53.6 Å². The molecule has 1 saturated carbocycles. The number of hydrogen-bond donors (Lipinski definition) is 0. The van der Waals surface area contributed by atoms with Crippen LogP contribution in [0.2, 0.25) is 0 Å². The molecule has 0 spiro atoms. The summed E-state index contributed by atoms with van der Waals surface area (Å²) in [4.78, 5) is 11.9. The van der Waals surface area contributed by atoms with Gasteiger partial charge in [0.2, 0.25) is 0 Å². The van der Waals surface area contributed by atoms with Crippen molar-refractivity contribution in [1.82, 2.24) is 14.3 Å². The Labute approximate surface area is 168 Å². The van der Waals surface area contributed by atoms with Crippen molar-refractivity contribution in [3.8, 4) is 16.9 Å². The minimum Gasteiger partial charge on any atom is -0.313 e. The lowest BCUT2D eigenvalue weighted by Gasteiger charge is -2.07. The Morgan fingerprint density at radius 2 is 1.97 bits per heavy atom. The number of nitrogens with zero attached hydrogens (tertiary/aromatic N) is 3. The highest BCUT2D eigenvalue weighted by Gasteiger charge is 2.35. The van der Waals surface area contributed by atoms with Crippen LogP contribution in [-0.4, -0.2) is 28.0 Å². The first kappa shape index (κ1) is 19.6. The van der Waals surface area contributed by atoms with E-state index in [2.05, 4.69) is 5.10 Å². The summed E-state index contributed by atoms with van der Waals surface area (Å²) in [5, 5.41) is 4.16. The van der Waals surface area contributed by atoms with Gasteiger partial charge in [0.15, 0.2) is 9.84 Å². The van der Waals surface area contributed by atoms with Crippen LogP contribution in [0, 0.1) is 5.82 Å². The third-order valence-electron chi connectivity index (χ3n) is 5.00. The van der Waals surface area contributed by atoms with E-state index in [4.69, 9.17) is 0 Å². The Hall–Kier alpha value is -2.74. The Balaban J connectivity index is 1.59. The van der Waals surface area contributed by atoms with Gasteiger partial charge in [-0.05, 0) is 49.1 Å². The molecule has 1 fully saturated rings. The highest BCUT2D eigenvalue weighted by molar-refractivity contribution is 7.91. The van der Waals surface area contributed by atoms with Crippen molar-refractivity contribution >= 4 is 9.84 Å². The molecule has 0 bridgehead atoms. The normalized spacial score (nSPS) is 14.3. The second kappa shape index (κ2) is 7.59. The van der Waals surface area contributed by atoms with E-state index >= 15 is 0 Å². The minimum atomic E-state index is -3.19. The number of rotatable bonds is 7. The molecule has 1 aliphatic carbocycles. The van der Waals surface area contributed by atoms with E-state index in [0.717, 1.165) is 6.42 Å². The monoisotopic (exact) mass is 415 g/mol. The van der Waals surface area contributed by atoms with Gasteiger partial charge in [-0.3, -0.25) is 4.79 Å². The summed E-state index contributed by atoms with van der Waals surface area (Å²) in [6, 6.07) is 9.33. The van der Waals surface area contributed by atoms with Gasteiger partial charge in [-0.25, -0.2) is 17.5 Å². The van der Waals surface area contributed by atoms with Crippen molar-refractivity contribution in [2.45, 2.75) is 43.7 Å². The van der Waals surface area contributed by atoms with Crippen LogP contribution in [0.25, 0.3) is 16.9 Å². The number of benzene rings is 1. The zero-order valence-electron chi connectivity index (χ0n) is 16.1. The Morgan fingerprint density at radius 3 is 2.66 bits per heavy atom. The highest BCUT2D eigenvalue weighted by atomic mass is 32.2. The maximum absolute atomic E-state index is 14.7. The fraction of sp³-hybridized carbons (Fsp3) is 0.333. The van der Waals surface area contributed by atoms with Crippen molar-refractivity contribution < 1.29 is 12.8 Å². The summed E-state index contributed by atoms with van der Waals surface area (Å²) >= 11 is 0. The van der Waals surface area contributed by atoms with Gasteiger partial charge in [-0.15, -0.1) is 0 Å². The SMILES string of the molecule is CCCn1cc(-n2ccc(-c3ccc(CS(=O)(=O)C4CC4)cc3F)n2)ccc1=O. The molecule has 2 aromatic heterocycles. The van der Waals surface area contributed by atoms with Crippen LogP contribution in [0.1, 0.15) is 31.7 Å². The van der Waals surface area contributed by atoms with Crippen LogP contribution in [0.5, 0.6) is 0 Å². The fourth-order valence-corrected chi connectivity index (χ4v) is 5.05. The van der Waals surface area contributed by atoms with Crippen molar-refractivity contribution in [3.05, 3.63) is 70.5 Å². The molecule has 3 aromatic rings. The van der Waals surface area contributed by atoms with Gasteiger partial charge >= 0.3 is 0 Å². The number of aryl methyl sites for hydroxylation is 1. The van der Waals surface area contributed by atoms with E-state index in [1.54, 1.807) is 45.9 Å². The average Bonchev–Trinajstić information content (AvgIpc) is 3.43. The fourth-order valence-electron chi connectivity index (χ4n) is 3.31. The quantitative estimate of drug-likeness (QED) is 0.593. The number of halogens is 1. The van der Waals surface area contributed by atoms with Gasteiger partial charge in [0, 0.05) is 30.6 Å². The molecule has 29 heavy (non-hydrogen) atoms. The van der Waals surface area contributed by atoms with Crippen molar-refractivity contribution in [3.63, 3.8) is 0 Å². The van der Waals surface area contributed by atoms with E-state index in [1.807, 2.05) is 6.92 Å². The molecule has 1 aromatic carbocycles.